The van der Waals surface area contributed by atoms with Crippen LogP contribution in [0.25, 0.3) is 11.1 Å². The average molecular weight is 803 g/mol. The van der Waals surface area contributed by atoms with Crippen molar-refractivity contribution in [2.45, 2.75) is 68.6 Å². The maximum atomic E-state index is 13.9. The number of nitrogens with zero attached hydrogens (tertiary/aromatic N) is 4. The number of benzene rings is 3. The Morgan fingerprint density at radius 2 is 1.38 bits per heavy atom. The fourth-order valence-corrected chi connectivity index (χ4v) is 6.59. The number of amides is 1. The number of thioether (sulfide) groups is 1. The highest BCUT2D eigenvalue weighted by atomic mass is 32.2. The van der Waals surface area contributed by atoms with E-state index in [0.717, 1.165) is 61.3 Å². The first-order chi connectivity index (χ1) is 26.5. The van der Waals surface area contributed by atoms with Crippen molar-refractivity contribution in [1.29, 1.82) is 0 Å². The van der Waals surface area contributed by atoms with Gasteiger partial charge in [0.1, 0.15) is 12.4 Å². The number of aromatic nitrogens is 2. The Kier molecular flexibility index (Phi) is 15.7. The van der Waals surface area contributed by atoms with Crippen LogP contribution in [0.3, 0.4) is 0 Å². The van der Waals surface area contributed by atoms with Gasteiger partial charge in [-0.25, -0.2) is 14.0 Å². The third-order valence-electron chi connectivity index (χ3n) is 8.88. The predicted octanol–water partition coefficient (Wildman–Crippen LogP) is 5.06. The van der Waals surface area contributed by atoms with E-state index >= 15 is 0 Å². The number of alkyl halides is 3. The zero-order valence-corrected chi connectivity index (χ0v) is 31.2. The molecule has 1 amide bonds. The third-order valence-corrected chi connectivity index (χ3v) is 9.94. The second kappa shape index (κ2) is 20.2. The molecule has 0 bridgehead atoms. The molecule has 1 aliphatic heterocycles. The van der Waals surface area contributed by atoms with Crippen LogP contribution in [-0.4, -0.2) is 96.0 Å². The minimum absolute atomic E-state index is 0.0104. The fourth-order valence-electron chi connectivity index (χ4n) is 5.67. The molecule has 17 heteroatoms. The average Bonchev–Trinajstić information content (AvgIpc) is 3.17. The molecule has 0 spiro atoms. The first-order valence-electron chi connectivity index (χ1n) is 17.6. The fraction of sp³-hybridized carbons (Fsp3) is 0.359. The van der Waals surface area contributed by atoms with E-state index in [4.69, 9.17) is 20.4 Å². The highest BCUT2D eigenvalue weighted by Crippen LogP contribution is 2.31. The molecule has 56 heavy (non-hydrogen) atoms. The van der Waals surface area contributed by atoms with Gasteiger partial charge in [-0.05, 0) is 79.4 Å². The Morgan fingerprint density at radius 3 is 1.91 bits per heavy atom. The summed E-state index contributed by atoms with van der Waals surface area (Å²) in [5.41, 5.74) is 2.58. The van der Waals surface area contributed by atoms with E-state index in [0.29, 0.717) is 35.1 Å². The SMILES string of the molecule is Cc1cn(CC(=O)N(CCN2CCCCC2)Cc2ccc(-c3ccc(C(F)(F)F)cc3)cc2)c(SCc2ccc(F)cc2)nc1=O.O=C(O)C(O)C(O)C(=O)O. The first-order valence-corrected chi connectivity index (χ1v) is 18.5. The van der Waals surface area contributed by atoms with Gasteiger partial charge in [0.05, 0.1) is 5.56 Å². The molecule has 0 radical (unpaired) electrons. The zero-order valence-electron chi connectivity index (χ0n) is 30.4. The molecule has 4 N–H and O–H groups in total. The van der Waals surface area contributed by atoms with E-state index in [1.165, 1.54) is 42.4 Å². The highest BCUT2D eigenvalue weighted by Gasteiger charge is 2.30. The van der Waals surface area contributed by atoms with Gasteiger partial charge in [-0.2, -0.15) is 18.2 Å². The Bertz CT molecular complexity index is 1970. The molecule has 5 rings (SSSR count). The van der Waals surface area contributed by atoms with Crippen LogP contribution in [-0.2, 0) is 39.4 Å². The molecule has 0 saturated carbocycles. The van der Waals surface area contributed by atoms with Gasteiger partial charge in [0.2, 0.25) is 5.91 Å². The summed E-state index contributed by atoms with van der Waals surface area (Å²) in [5, 5.41) is 32.9. The van der Waals surface area contributed by atoms with E-state index in [2.05, 4.69) is 9.88 Å². The largest absolute Gasteiger partial charge is 0.479 e. The number of halogens is 4. The molecule has 2 unspecified atom stereocenters. The number of carbonyl (C=O) groups is 3. The summed E-state index contributed by atoms with van der Waals surface area (Å²) in [6.07, 6.45) is -3.79. The van der Waals surface area contributed by atoms with Gasteiger partial charge in [-0.1, -0.05) is 66.7 Å². The van der Waals surface area contributed by atoms with Crippen LogP contribution in [0.2, 0.25) is 0 Å². The summed E-state index contributed by atoms with van der Waals surface area (Å²) in [5.74, 6) is -3.54. The van der Waals surface area contributed by atoms with E-state index < -0.39 is 35.9 Å². The lowest BCUT2D eigenvalue weighted by Gasteiger charge is -2.30. The number of carboxylic acids is 2. The molecule has 1 saturated heterocycles. The molecular formula is C39H42F4N4O8S. The molecule has 2 atom stereocenters. The summed E-state index contributed by atoms with van der Waals surface area (Å²) in [4.78, 5) is 54.3. The van der Waals surface area contributed by atoms with E-state index in [1.54, 1.807) is 29.8 Å². The number of hydrogen-bond acceptors (Lipinski definition) is 9. The van der Waals surface area contributed by atoms with Crippen LogP contribution in [0, 0.1) is 12.7 Å². The van der Waals surface area contributed by atoms with Crippen LogP contribution in [0.5, 0.6) is 0 Å². The molecule has 300 valence electrons. The number of aliphatic hydroxyl groups excluding tert-OH is 2. The number of aliphatic carboxylic acids is 2. The number of carbonyl (C=O) groups excluding carboxylic acids is 1. The van der Waals surface area contributed by atoms with Crippen LogP contribution in [0.15, 0.2) is 88.9 Å². The lowest BCUT2D eigenvalue weighted by molar-refractivity contribution is -0.165. The summed E-state index contributed by atoms with van der Waals surface area (Å²) in [6.45, 7) is 5.26. The van der Waals surface area contributed by atoms with Crippen molar-refractivity contribution in [1.82, 2.24) is 19.4 Å². The van der Waals surface area contributed by atoms with Gasteiger partial charge in [0, 0.05) is 37.1 Å². The molecule has 1 aliphatic rings. The number of rotatable bonds is 14. The molecule has 0 aliphatic carbocycles. The minimum atomic E-state index is -4.39. The monoisotopic (exact) mass is 802 g/mol. The van der Waals surface area contributed by atoms with Crippen LogP contribution >= 0.6 is 11.8 Å². The quantitative estimate of drug-likeness (QED) is 0.0763. The summed E-state index contributed by atoms with van der Waals surface area (Å²) in [7, 11) is 0. The Labute approximate surface area is 324 Å². The van der Waals surface area contributed by atoms with Crippen molar-refractivity contribution >= 4 is 29.6 Å². The molecule has 1 aromatic heterocycles. The zero-order chi connectivity index (χ0) is 41.0. The van der Waals surface area contributed by atoms with Crippen molar-refractivity contribution in [3.63, 3.8) is 0 Å². The number of piperidine rings is 1. The second-order valence-electron chi connectivity index (χ2n) is 13.1. The van der Waals surface area contributed by atoms with Gasteiger partial charge in [-0.3, -0.25) is 9.59 Å². The Morgan fingerprint density at radius 1 is 0.839 bits per heavy atom. The Hall–Kier alpha value is -5.10. The lowest BCUT2D eigenvalue weighted by atomic mass is 10.0. The number of carboxylic acid groups (broad SMARTS) is 2. The lowest BCUT2D eigenvalue weighted by Crippen LogP contribution is -2.41. The Balaban J connectivity index is 0.000000613. The number of aryl methyl sites for hydroxylation is 1. The van der Waals surface area contributed by atoms with Gasteiger partial charge >= 0.3 is 18.1 Å². The van der Waals surface area contributed by atoms with Crippen molar-refractivity contribution < 1.29 is 52.4 Å². The molecule has 4 aromatic rings. The van der Waals surface area contributed by atoms with Crippen molar-refractivity contribution in [3.05, 3.63) is 117 Å². The maximum absolute atomic E-state index is 13.9. The summed E-state index contributed by atoms with van der Waals surface area (Å²) in [6, 6.07) is 18.7. The molecule has 3 aromatic carbocycles. The number of aliphatic hydroxyl groups is 2. The van der Waals surface area contributed by atoms with Crippen LogP contribution in [0.4, 0.5) is 17.6 Å². The van der Waals surface area contributed by atoms with Crippen molar-refractivity contribution in [2.24, 2.45) is 0 Å². The number of hydrogen-bond donors (Lipinski definition) is 4. The van der Waals surface area contributed by atoms with Gasteiger partial charge < -0.3 is 34.8 Å². The first kappa shape index (κ1) is 43.6. The molecule has 1 fully saturated rings. The van der Waals surface area contributed by atoms with Crippen molar-refractivity contribution in [2.75, 3.05) is 26.2 Å². The highest BCUT2D eigenvalue weighted by molar-refractivity contribution is 7.98. The normalized spacial score (nSPS) is 14.3. The smallest absolute Gasteiger partial charge is 0.416 e. The third kappa shape index (κ3) is 13.0. The molecular weight excluding hydrogens is 761 g/mol. The van der Waals surface area contributed by atoms with Crippen molar-refractivity contribution in [3.8, 4) is 11.1 Å². The summed E-state index contributed by atoms with van der Waals surface area (Å²) >= 11 is 1.31. The molecule has 12 nitrogen and oxygen atoms in total. The van der Waals surface area contributed by atoms with Crippen LogP contribution < -0.4 is 5.56 Å². The van der Waals surface area contributed by atoms with Gasteiger partial charge in [0.15, 0.2) is 17.4 Å². The maximum Gasteiger partial charge on any atom is 0.416 e. The summed E-state index contributed by atoms with van der Waals surface area (Å²) < 4.78 is 54.1. The van der Waals surface area contributed by atoms with E-state index in [9.17, 15) is 36.7 Å². The van der Waals surface area contributed by atoms with Gasteiger partial charge in [0.25, 0.3) is 5.56 Å². The topological polar surface area (TPSA) is 174 Å². The minimum Gasteiger partial charge on any atom is -0.479 e. The number of likely N-dealkylation sites (tertiary alicyclic amines) is 1. The standard InChI is InChI=1S/C35H36F4N4O2S.C4H6O6/c1-25-21-43(34(40-33(25)45)46-24-27-7-15-31(36)16-8-27)23-32(44)42(20-19-41-17-3-2-4-18-41)22-26-5-9-28(10-6-26)29-11-13-30(14-12-29)35(37,38)39;5-1(3(7)8)2(6)4(9)10/h5-16,21H,2-4,17-20,22-24H2,1H3;1-2,5-6H,(H,7,8)(H,9,10). The van der Waals surface area contributed by atoms with E-state index in [1.807, 2.05) is 29.2 Å². The predicted molar refractivity (Wildman–Crippen MR) is 199 cm³/mol. The molecule has 2 heterocycles. The van der Waals surface area contributed by atoms with Crippen LogP contribution in [0.1, 0.15) is 41.5 Å². The van der Waals surface area contributed by atoms with Gasteiger partial charge in [-0.15, -0.1) is 0 Å². The van der Waals surface area contributed by atoms with E-state index in [-0.39, 0.29) is 23.8 Å². The second-order valence-corrected chi connectivity index (χ2v) is 14.1.